The normalized spacial score (nSPS) is 12.4. The maximum absolute atomic E-state index is 11.4. The Morgan fingerprint density at radius 1 is 1.63 bits per heavy atom. The summed E-state index contributed by atoms with van der Waals surface area (Å²) < 4.78 is 0. The van der Waals surface area contributed by atoms with Gasteiger partial charge in [-0.15, -0.1) is 11.3 Å². The molecule has 0 aliphatic heterocycles. The Labute approximate surface area is 118 Å². The second-order valence-corrected chi connectivity index (χ2v) is 5.78. The van der Waals surface area contributed by atoms with Gasteiger partial charge in [-0.1, -0.05) is 6.92 Å². The van der Waals surface area contributed by atoms with Gasteiger partial charge in [0.25, 0.3) is 0 Å². The Balaban J connectivity index is 2.46. The number of thiazole rings is 1. The molecule has 1 unspecified atom stereocenters. The molecule has 19 heavy (non-hydrogen) atoms. The molecule has 0 bridgehead atoms. The molecule has 0 aliphatic rings. The summed E-state index contributed by atoms with van der Waals surface area (Å²) in [6.45, 7) is 1.98. The van der Waals surface area contributed by atoms with Gasteiger partial charge in [0, 0.05) is 29.8 Å². The molecule has 0 fully saturated rings. The topological polar surface area (TPSA) is 69.1 Å². The maximum atomic E-state index is 11.4. The smallest absolute Gasteiger partial charge is 0.226 e. The van der Waals surface area contributed by atoms with Gasteiger partial charge in [0.15, 0.2) is 5.13 Å². The zero-order valence-electron chi connectivity index (χ0n) is 11.8. The van der Waals surface area contributed by atoms with E-state index < -0.39 is 0 Å². The first kappa shape index (κ1) is 15.8. The van der Waals surface area contributed by atoms with Crippen molar-refractivity contribution >= 4 is 28.6 Å². The zero-order chi connectivity index (χ0) is 14.3. The second kappa shape index (κ2) is 8.01. The first-order valence-electron chi connectivity index (χ1n) is 6.48. The number of rotatable bonds is 8. The molecule has 0 radical (unpaired) electrons. The number of anilines is 1. The third kappa shape index (κ3) is 5.48. The number of nitrogens with one attached hydrogen (secondary N) is 2. The van der Waals surface area contributed by atoms with Gasteiger partial charge in [0.2, 0.25) is 5.91 Å². The van der Waals surface area contributed by atoms with Crippen LogP contribution in [0.3, 0.4) is 0 Å². The molecule has 2 N–H and O–H groups in total. The van der Waals surface area contributed by atoms with Crippen LogP contribution in [0, 0.1) is 5.41 Å². The van der Waals surface area contributed by atoms with Crippen LogP contribution in [0.1, 0.15) is 31.1 Å². The fourth-order valence-corrected chi connectivity index (χ4v) is 2.51. The van der Waals surface area contributed by atoms with Gasteiger partial charge in [-0.2, -0.15) is 0 Å². The molecule has 1 aromatic rings. The molecule has 1 amide bonds. The van der Waals surface area contributed by atoms with Crippen molar-refractivity contribution in [2.24, 2.45) is 0 Å². The summed E-state index contributed by atoms with van der Waals surface area (Å²) in [5.41, 5.74) is 0. The lowest BCUT2D eigenvalue weighted by Crippen LogP contribution is -2.29. The minimum absolute atomic E-state index is 0.0223. The highest BCUT2D eigenvalue weighted by Gasteiger charge is 2.10. The van der Waals surface area contributed by atoms with Crippen molar-refractivity contribution in [1.82, 2.24) is 9.88 Å². The van der Waals surface area contributed by atoms with Crippen LogP contribution in [0.25, 0.3) is 0 Å². The Morgan fingerprint density at radius 2 is 2.37 bits per heavy atom. The number of carbonyl (C=O) groups is 1. The van der Waals surface area contributed by atoms with Crippen LogP contribution >= 0.6 is 11.3 Å². The molecule has 1 rings (SSSR count). The Morgan fingerprint density at radius 3 is 2.95 bits per heavy atom. The predicted octanol–water partition coefficient (Wildman–Crippen LogP) is 2.39. The lowest BCUT2D eigenvalue weighted by molar-refractivity contribution is -0.116. The molecule has 0 saturated heterocycles. The van der Waals surface area contributed by atoms with E-state index in [1.807, 2.05) is 32.1 Å². The average Bonchev–Trinajstić information content (AvgIpc) is 2.77. The largest absolute Gasteiger partial charge is 0.311 e. The molecule has 0 aliphatic carbocycles. The van der Waals surface area contributed by atoms with Gasteiger partial charge in [-0.05, 0) is 33.4 Å². The van der Waals surface area contributed by atoms with E-state index in [2.05, 4.69) is 10.3 Å². The monoisotopic (exact) mass is 282 g/mol. The minimum atomic E-state index is 0.0223. The van der Waals surface area contributed by atoms with E-state index in [-0.39, 0.29) is 11.9 Å². The molecule has 5 nitrogen and oxygen atoms in total. The third-order valence-corrected chi connectivity index (χ3v) is 3.79. The number of nitrogens with zero attached hydrogens (tertiary/aromatic N) is 2. The standard InChI is InChI=1S/C13H22N4OS/c1-4-5-12(18)16-13-15-9-11(19-13)7-6-10(8-14)17(2)3/h8-10,14H,4-7H2,1-3H3,(H,15,16,18). The van der Waals surface area contributed by atoms with Crippen LogP contribution in [0.2, 0.25) is 0 Å². The third-order valence-electron chi connectivity index (χ3n) is 2.82. The van der Waals surface area contributed by atoms with Crippen molar-refractivity contribution in [3.8, 4) is 0 Å². The van der Waals surface area contributed by atoms with Crippen LogP contribution in [-0.4, -0.2) is 42.1 Å². The molecule has 0 aromatic carbocycles. The molecular formula is C13H22N4OS. The molecule has 0 spiro atoms. The fraction of sp³-hybridized carbons (Fsp3) is 0.615. The summed E-state index contributed by atoms with van der Waals surface area (Å²) in [7, 11) is 3.94. The zero-order valence-corrected chi connectivity index (χ0v) is 12.6. The van der Waals surface area contributed by atoms with E-state index in [9.17, 15) is 4.79 Å². The number of amides is 1. The Hall–Kier alpha value is -1.27. The Bertz CT molecular complexity index is 417. The van der Waals surface area contributed by atoms with Crippen LogP contribution < -0.4 is 5.32 Å². The Kier molecular flexibility index (Phi) is 6.66. The molecule has 6 heteroatoms. The summed E-state index contributed by atoms with van der Waals surface area (Å²) in [6, 6.07) is 0.153. The van der Waals surface area contributed by atoms with E-state index >= 15 is 0 Å². The van der Waals surface area contributed by atoms with Crippen molar-refractivity contribution in [2.45, 2.75) is 38.6 Å². The van der Waals surface area contributed by atoms with Gasteiger partial charge in [0.05, 0.1) is 0 Å². The number of carbonyl (C=O) groups excluding carboxylic acids is 1. The van der Waals surface area contributed by atoms with E-state index in [1.165, 1.54) is 17.6 Å². The van der Waals surface area contributed by atoms with Crippen molar-refractivity contribution in [1.29, 1.82) is 5.41 Å². The van der Waals surface area contributed by atoms with Crippen molar-refractivity contribution in [2.75, 3.05) is 19.4 Å². The maximum Gasteiger partial charge on any atom is 0.226 e. The molecule has 0 saturated carbocycles. The average molecular weight is 282 g/mol. The van der Waals surface area contributed by atoms with Gasteiger partial charge in [-0.25, -0.2) is 4.98 Å². The van der Waals surface area contributed by atoms with Gasteiger partial charge < -0.3 is 15.6 Å². The van der Waals surface area contributed by atoms with Gasteiger partial charge >= 0.3 is 0 Å². The highest BCUT2D eigenvalue weighted by Crippen LogP contribution is 2.20. The number of hydrogen-bond acceptors (Lipinski definition) is 5. The summed E-state index contributed by atoms with van der Waals surface area (Å²) >= 11 is 1.51. The number of hydrogen-bond donors (Lipinski definition) is 2. The van der Waals surface area contributed by atoms with Crippen molar-refractivity contribution in [3.05, 3.63) is 11.1 Å². The van der Waals surface area contributed by atoms with E-state index in [0.29, 0.717) is 11.6 Å². The van der Waals surface area contributed by atoms with Gasteiger partial charge in [0.1, 0.15) is 0 Å². The quantitative estimate of drug-likeness (QED) is 0.719. The molecule has 1 heterocycles. The minimum Gasteiger partial charge on any atom is -0.311 e. The lowest BCUT2D eigenvalue weighted by Gasteiger charge is -2.18. The molecule has 1 atom stereocenters. The summed E-state index contributed by atoms with van der Waals surface area (Å²) in [4.78, 5) is 18.8. The highest BCUT2D eigenvalue weighted by atomic mass is 32.1. The predicted molar refractivity (Wildman–Crippen MR) is 80.2 cm³/mol. The van der Waals surface area contributed by atoms with Crippen LogP contribution in [0.5, 0.6) is 0 Å². The first-order valence-corrected chi connectivity index (χ1v) is 7.30. The summed E-state index contributed by atoms with van der Waals surface area (Å²) in [5, 5.41) is 10.8. The van der Waals surface area contributed by atoms with Crippen LogP contribution in [0.15, 0.2) is 6.20 Å². The van der Waals surface area contributed by atoms with Gasteiger partial charge in [-0.3, -0.25) is 4.79 Å². The van der Waals surface area contributed by atoms with Crippen LogP contribution in [0.4, 0.5) is 5.13 Å². The fourth-order valence-electron chi connectivity index (χ4n) is 1.67. The molecule has 1 aromatic heterocycles. The number of aromatic nitrogens is 1. The second-order valence-electron chi connectivity index (χ2n) is 4.67. The van der Waals surface area contributed by atoms with Crippen LogP contribution in [-0.2, 0) is 11.2 Å². The van der Waals surface area contributed by atoms with E-state index in [4.69, 9.17) is 5.41 Å². The SMILES string of the molecule is CCCC(=O)Nc1ncc(CCC(C=N)N(C)C)s1. The molecular weight excluding hydrogens is 260 g/mol. The van der Waals surface area contributed by atoms with E-state index in [0.717, 1.165) is 24.1 Å². The highest BCUT2D eigenvalue weighted by molar-refractivity contribution is 7.15. The summed E-state index contributed by atoms with van der Waals surface area (Å²) in [6.07, 6.45) is 6.41. The first-order chi connectivity index (χ1) is 9.06. The number of aryl methyl sites for hydroxylation is 1. The lowest BCUT2D eigenvalue weighted by atomic mass is 10.1. The summed E-state index contributed by atoms with van der Waals surface area (Å²) in [5.74, 6) is 0.0223. The van der Waals surface area contributed by atoms with Crippen molar-refractivity contribution < 1.29 is 4.79 Å². The van der Waals surface area contributed by atoms with Crippen molar-refractivity contribution in [3.63, 3.8) is 0 Å². The van der Waals surface area contributed by atoms with E-state index in [1.54, 1.807) is 0 Å². The molecule has 106 valence electrons.